The number of nitrogens with zero attached hydrogens (tertiary/aromatic N) is 2. The predicted molar refractivity (Wildman–Crippen MR) is 70.4 cm³/mol. The Labute approximate surface area is 112 Å². The fourth-order valence-corrected chi connectivity index (χ4v) is 2.00. The molecule has 0 saturated heterocycles. The van der Waals surface area contributed by atoms with Gasteiger partial charge < -0.3 is 9.84 Å². The van der Waals surface area contributed by atoms with Crippen LogP contribution in [0.3, 0.4) is 0 Å². The van der Waals surface area contributed by atoms with Crippen LogP contribution in [0.25, 0.3) is 0 Å². The zero-order chi connectivity index (χ0) is 14.4. The standard InChI is InChI=1S/C13H20N2O4/c1-4-19-8-7-15-10(3)11(5-6-12(16)17)9(2)14-13(15)18/h4-8H2,1-3H3,(H,16,17). The van der Waals surface area contributed by atoms with Gasteiger partial charge in [-0.2, -0.15) is 4.98 Å². The van der Waals surface area contributed by atoms with Crippen molar-refractivity contribution in [3.63, 3.8) is 0 Å². The molecule has 1 N–H and O–H groups in total. The molecule has 0 aliphatic carbocycles. The SMILES string of the molecule is CCOCCn1c(C)c(CCC(=O)O)c(C)nc1=O. The van der Waals surface area contributed by atoms with Crippen molar-refractivity contribution in [1.29, 1.82) is 0 Å². The van der Waals surface area contributed by atoms with E-state index in [-0.39, 0.29) is 12.1 Å². The van der Waals surface area contributed by atoms with E-state index in [1.54, 1.807) is 11.5 Å². The number of aryl methyl sites for hydroxylation is 1. The topological polar surface area (TPSA) is 81.4 Å². The quantitative estimate of drug-likeness (QED) is 0.743. The molecule has 0 aliphatic heterocycles. The molecule has 0 amide bonds. The highest BCUT2D eigenvalue weighted by molar-refractivity contribution is 5.67. The molecule has 0 atom stereocenters. The predicted octanol–water partition coefficient (Wildman–Crippen LogP) is 0.914. The lowest BCUT2D eigenvalue weighted by Crippen LogP contribution is -2.29. The molecule has 106 valence electrons. The molecule has 6 nitrogen and oxygen atoms in total. The fraction of sp³-hybridized carbons (Fsp3) is 0.615. The first kappa shape index (κ1) is 15.4. The maximum atomic E-state index is 11.8. The zero-order valence-corrected chi connectivity index (χ0v) is 11.6. The van der Waals surface area contributed by atoms with Gasteiger partial charge in [-0.05, 0) is 32.8 Å². The molecule has 1 aromatic rings. The van der Waals surface area contributed by atoms with Gasteiger partial charge in [-0.25, -0.2) is 4.79 Å². The Morgan fingerprint density at radius 1 is 1.42 bits per heavy atom. The van der Waals surface area contributed by atoms with E-state index in [0.717, 1.165) is 11.3 Å². The number of carboxylic acid groups (broad SMARTS) is 1. The first-order valence-electron chi connectivity index (χ1n) is 6.33. The Bertz CT molecular complexity index is 508. The third-order valence-electron chi connectivity index (χ3n) is 3.02. The summed E-state index contributed by atoms with van der Waals surface area (Å²) in [5, 5.41) is 8.74. The van der Waals surface area contributed by atoms with Gasteiger partial charge in [0.05, 0.1) is 13.2 Å². The van der Waals surface area contributed by atoms with E-state index < -0.39 is 5.97 Å². The third-order valence-corrected chi connectivity index (χ3v) is 3.02. The van der Waals surface area contributed by atoms with Crippen LogP contribution < -0.4 is 5.69 Å². The first-order valence-corrected chi connectivity index (χ1v) is 6.33. The number of hydrogen-bond donors (Lipinski definition) is 1. The number of aliphatic carboxylic acids is 1. The van der Waals surface area contributed by atoms with Crippen LogP contribution in [0.4, 0.5) is 0 Å². The highest BCUT2D eigenvalue weighted by Crippen LogP contribution is 2.12. The maximum absolute atomic E-state index is 11.8. The lowest BCUT2D eigenvalue weighted by molar-refractivity contribution is -0.136. The molecule has 6 heteroatoms. The Morgan fingerprint density at radius 3 is 2.68 bits per heavy atom. The molecule has 0 fully saturated rings. The fourth-order valence-electron chi connectivity index (χ4n) is 2.00. The minimum absolute atomic E-state index is 0.0347. The van der Waals surface area contributed by atoms with Gasteiger partial charge in [0.2, 0.25) is 0 Å². The molecular weight excluding hydrogens is 248 g/mol. The van der Waals surface area contributed by atoms with Crippen LogP contribution in [-0.4, -0.2) is 33.8 Å². The summed E-state index contributed by atoms with van der Waals surface area (Å²) in [6.45, 7) is 6.92. The van der Waals surface area contributed by atoms with E-state index in [2.05, 4.69) is 4.98 Å². The number of carbonyl (C=O) groups is 1. The molecule has 0 spiro atoms. The second kappa shape index (κ2) is 7.04. The molecule has 0 radical (unpaired) electrons. The largest absolute Gasteiger partial charge is 0.481 e. The Balaban J connectivity index is 3.00. The highest BCUT2D eigenvalue weighted by Gasteiger charge is 2.12. The van der Waals surface area contributed by atoms with Gasteiger partial charge in [-0.15, -0.1) is 0 Å². The number of aromatic nitrogens is 2. The third kappa shape index (κ3) is 4.17. The highest BCUT2D eigenvalue weighted by atomic mass is 16.5. The van der Waals surface area contributed by atoms with Gasteiger partial charge in [0.15, 0.2) is 0 Å². The average molecular weight is 268 g/mol. The number of hydrogen-bond acceptors (Lipinski definition) is 4. The van der Waals surface area contributed by atoms with Crippen LogP contribution >= 0.6 is 0 Å². The minimum Gasteiger partial charge on any atom is -0.481 e. The van der Waals surface area contributed by atoms with Gasteiger partial charge in [0.25, 0.3) is 0 Å². The monoisotopic (exact) mass is 268 g/mol. The Hall–Kier alpha value is -1.69. The van der Waals surface area contributed by atoms with E-state index >= 15 is 0 Å². The van der Waals surface area contributed by atoms with Crippen LogP contribution in [0, 0.1) is 13.8 Å². The Morgan fingerprint density at radius 2 is 2.11 bits per heavy atom. The molecule has 1 heterocycles. The minimum atomic E-state index is -0.856. The summed E-state index contributed by atoms with van der Waals surface area (Å²) in [4.78, 5) is 26.4. The van der Waals surface area contributed by atoms with E-state index in [4.69, 9.17) is 9.84 Å². The summed E-state index contributed by atoms with van der Waals surface area (Å²) in [6.07, 6.45) is 0.419. The summed E-state index contributed by atoms with van der Waals surface area (Å²) >= 11 is 0. The van der Waals surface area contributed by atoms with Gasteiger partial charge in [0.1, 0.15) is 0 Å². The van der Waals surface area contributed by atoms with Gasteiger partial charge in [0, 0.05) is 24.4 Å². The van der Waals surface area contributed by atoms with E-state index in [0.29, 0.717) is 31.9 Å². The number of ether oxygens (including phenoxy) is 1. The summed E-state index contributed by atoms with van der Waals surface area (Å²) < 4.78 is 6.78. The van der Waals surface area contributed by atoms with Crippen LogP contribution in [0.15, 0.2) is 4.79 Å². The van der Waals surface area contributed by atoms with Gasteiger partial charge >= 0.3 is 11.7 Å². The van der Waals surface area contributed by atoms with Crippen molar-refractivity contribution in [2.45, 2.75) is 40.2 Å². The summed E-state index contributed by atoms with van der Waals surface area (Å²) in [6, 6.07) is 0. The molecule has 19 heavy (non-hydrogen) atoms. The van der Waals surface area contributed by atoms with E-state index in [1.807, 2.05) is 13.8 Å². The molecule has 0 unspecified atom stereocenters. The van der Waals surface area contributed by atoms with Crippen molar-refractivity contribution >= 4 is 5.97 Å². The summed E-state index contributed by atoms with van der Waals surface area (Å²) in [5.41, 5.74) is 1.90. The maximum Gasteiger partial charge on any atom is 0.348 e. The van der Waals surface area contributed by atoms with Crippen LogP contribution in [-0.2, 0) is 22.5 Å². The van der Waals surface area contributed by atoms with Crippen LogP contribution in [0.1, 0.15) is 30.3 Å². The van der Waals surface area contributed by atoms with Gasteiger partial charge in [-0.1, -0.05) is 0 Å². The van der Waals surface area contributed by atoms with E-state index in [1.165, 1.54) is 0 Å². The molecule has 0 saturated carbocycles. The van der Waals surface area contributed by atoms with Crippen LogP contribution in [0.5, 0.6) is 0 Å². The summed E-state index contributed by atoms with van der Waals surface area (Å²) in [7, 11) is 0. The van der Waals surface area contributed by atoms with Crippen LogP contribution in [0.2, 0.25) is 0 Å². The second-order valence-corrected chi connectivity index (χ2v) is 4.29. The molecule has 0 aliphatic rings. The van der Waals surface area contributed by atoms with Crippen molar-refractivity contribution in [2.75, 3.05) is 13.2 Å². The molecular formula is C13H20N2O4. The normalized spacial score (nSPS) is 10.7. The van der Waals surface area contributed by atoms with Crippen molar-refractivity contribution in [3.8, 4) is 0 Å². The number of carboxylic acids is 1. The molecule has 1 aromatic heterocycles. The molecule has 1 rings (SSSR count). The zero-order valence-electron chi connectivity index (χ0n) is 11.6. The lowest BCUT2D eigenvalue weighted by atomic mass is 10.1. The van der Waals surface area contributed by atoms with Crippen molar-refractivity contribution in [2.24, 2.45) is 0 Å². The Kier molecular flexibility index (Phi) is 5.69. The van der Waals surface area contributed by atoms with E-state index in [9.17, 15) is 9.59 Å². The van der Waals surface area contributed by atoms with Gasteiger partial charge in [-0.3, -0.25) is 9.36 Å². The first-order chi connectivity index (χ1) is 8.97. The molecule has 0 aromatic carbocycles. The smallest absolute Gasteiger partial charge is 0.348 e. The molecule has 0 bridgehead atoms. The van der Waals surface area contributed by atoms with Crippen molar-refractivity contribution in [1.82, 2.24) is 9.55 Å². The summed E-state index contributed by atoms with van der Waals surface area (Å²) in [5.74, 6) is -0.856. The number of rotatable bonds is 7. The average Bonchev–Trinajstić information content (AvgIpc) is 2.32. The van der Waals surface area contributed by atoms with Crippen molar-refractivity contribution in [3.05, 3.63) is 27.4 Å². The second-order valence-electron chi connectivity index (χ2n) is 4.29. The van der Waals surface area contributed by atoms with Crippen molar-refractivity contribution < 1.29 is 14.6 Å². The lowest BCUT2D eigenvalue weighted by Gasteiger charge is -2.15.